The number of thiol groups is 1. The first-order chi connectivity index (χ1) is 13.5. The van der Waals surface area contributed by atoms with Crippen LogP contribution in [0.1, 0.15) is 34.1 Å². The molecule has 0 aliphatic carbocycles. The highest BCUT2D eigenvalue weighted by molar-refractivity contribution is 7.98. The number of carboxylic acid groups (broad SMARTS) is 1. The van der Waals surface area contributed by atoms with E-state index in [0.29, 0.717) is 12.2 Å². The first-order valence-electron chi connectivity index (χ1n) is 9.45. The number of thioether (sulfide) groups is 1. The normalized spacial score (nSPS) is 15.3. The Morgan fingerprint density at radius 2 is 1.48 bits per heavy atom. The number of amides is 3. The zero-order valence-electron chi connectivity index (χ0n) is 17.6. The average Bonchev–Trinajstić information content (AvgIpc) is 2.65. The minimum absolute atomic E-state index is 0.0813. The minimum Gasteiger partial charge on any atom is -0.480 e. The Labute approximate surface area is 182 Å². The SMILES string of the molecule is CSCCC(NC(=O)C(NC(=O)C(N)C(C)C)C(C)C)C(=O)NC(CS)C(=O)O. The van der Waals surface area contributed by atoms with E-state index in [1.165, 1.54) is 11.8 Å². The fourth-order valence-corrected chi connectivity index (χ4v) is 3.03. The summed E-state index contributed by atoms with van der Waals surface area (Å²) >= 11 is 5.41. The summed E-state index contributed by atoms with van der Waals surface area (Å²) in [7, 11) is 0. The predicted molar refractivity (Wildman–Crippen MR) is 118 cm³/mol. The molecular formula is C18H34N4O5S2. The maximum absolute atomic E-state index is 12.8. The fraction of sp³-hybridized carbons (Fsp3) is 0.778. The Morgan fingerprint density at radius 3 is 1.90 bits per heavy atom. The monoisotopic (exact) mass is 450 g/mol. The maximum Gasteiger partial charge on any atom is 0.327 e. The van der Waals surface area contributed by atoms with Crippen molar-refractivity contribution in [3.63, 3.8) is 0 Å². The van der Waals surface area contributed by atoms with E-state index >= 15 is 0 Å². The highest BCUT2D eigenvalue weighted by Crippen LogP contribution is 2.08. The number of nitrogens with one attached hydrogen (secondary N) is 3. The molecule has 0 bridgehead atoms. The van der Waals surface area contributed by atoms with Crippen molar-refractivity contribution in [2.45, 2.75) is 58.3 Å². The molecule has 0 saturated carbocycles. The Kier molecular flexibility index (Phi) is 13.0. The Hall–Kier alpha value is -1.46. The van der Waals surface area contributed by atoms with Crippen LogP contribution in [0.3, 0.4) is 0 Å². The second-order valence-electron chi connectivity index (χ2n) is 7.42. The standard InChI is InChI=1S/C18H34N4O5S2/c1-9(2)13(19)16(24)22-14(10(3)4)17(25)20-11(6-7-29-5)15(23)21-12(8-28)18(26)27/h9-14,28H,6-8,19H2,1-5H3,(H,20,25)(H,21,23)(H,22,24)(H,26,27). The number of carbonyl (C=O) groups is 4. The summed E-state index contributed by atoms with van der Waals surface area (Å²) in [5, 5.41) is 16.8. The molecule has 0 radical (unpaired) electrons. The van der Waals surface area contributed by atoms with Crippen molar-refractivity contribution in [2.24, 2.45) is 17.6 Å². The molecule has 0 rings (SSSR count). The fourth-order valence-electron chi connectivity index (χ4n) is 2.31. The maximum atomic E-state index is 12.8. The predicted octanol–water partition coefficient (Wildman–Crippen LogP) is -0.152. The van der Waals surface area contributed by atoms with E-state index in [4.69, 9.17) is 10.8 Å². The highest BCUT2D eigenvalue weighted by Gasteiger charge is 2.31. The molecule has 168 valence electrons. The van der Waals surface area contributed by atoms with E-state index in [2.05, 4.69) is 28.6 Å². The first kappa shape index (κ1) is 27.5. The van der Waals surface area contributed by atoms with Gasteiger partial charge in [0.15, 0.2) is 0 Å². The van der Waals surface area contributed by atoms with Crippen LogP contribution in [0.4, 0.5) is 0 Å². The molecular weight excluding hydrogens is 416 g/mol. The van der Waals surface area contributed by atoms with Crippen molar-refractivity contribution in [2.75, 3.05) is 17.8 Å². The number of carboxylic acids is 1. The number of rotatable bonds is 13. The lowest BCUT2D eigenvalue weighted by Gasteiger charge is -2.27. The molecule has 0 aliphatic heterocycles. The van der Waals surface area contributed by atoms with Crippen LogP contribution in [0.5, 0.6) is 0 Å². The van der Waals surface area contributed by atoms with Crippen molar-refractivity contribution < 1.29 is 24.3 Å². The van der Waals surface area contributed by atoms with E-state index < -0.39 is 47.9 Å². The third kappa shape index (κ3) is 9.72. The van der Waals surface area contributed by atoms with Gasteiger partial charge in [0.25, 0.3) is 0 Å². The molecule has 6 N–H and O–H groups in total. The molecule has 0 spiro atoms. The molecule has 0 aromatic carbocycles. The number of carbonyl (C=O) groups excluding carboxylic acids is 3. The van der Waals surface area contributed by atoms with Crippen molar-refractivity contribution in [3.05, 3.63) is 0 Å². The third-order valence-corrected chi connectivity index (χ3v) is 5.32. The summed E-state index contributed by atoms with van der Waals surface area (Å²) in [6, 6.07) is -3.74. The molecule has 4 atom stereocenters. The van der Waals surface area contributed by atoms with Gasteiger partial charge >= 0.3 is 5.97 Å². The molecule has 0 aromatic heterocycles. The smallest absolute Gasteiger partial charge is 0.327 e. The summed E-state index contributed by atoms with van der Waals surface area (Å²) in [5.74, 6) is -2.63. The quantitative estimate of drug-likeness (QED) is 0.214. The van der Waals surface area contributed by atoms with Crippen molar-refractivity contribution >= 4 is 48.1 Å². The molecule has 0 aliphatic rings. The van der Waals surface area contributed by atoms with Crippen molar-refractivity contribution in [1.82, 2.24) is 16.0 Å². The zero-order chi connectivity index (χ0) is 22.7. The van der Waals surface area contributed by atoms with E-state index in [-0.39, 0.29) is 17.6 Å². The Morgan fingerprint density at radius 1 is 0.931 bits per heavy atom. The van der Waals surface area contributed by atoms with E-state index in [1.54, 1.807) is 27.7 Å². The lowest BCUT2D eigenvalue weighted by Crippen LogP contribution is -2.59. The van der Waals surface area contributed by atoms with Crippen LogP contribution in [0.2, 0.25) is 0 Å². The molecule has 0 saturated heterocycles. The van der Waals surface area contributed by atoms with Gasteiger partial charge in [-0.05, 0) is 30.3 Å². The largest absolute Gasteiger partial charge is 0.480 e. The van der Waals surface area contributed by atoms with Gasteiger partial charge in [-0.25, -0.2) is 4.79 Å². The molecule has 0 heterocycles. The highest BCUT2D eigenvalue weighted by atomic mass is 32.2. The number of hydrogen-bond acceptors (Lipinski definition) is 7. The van der Waals surface area contributed by atoms with Gasteiger partial charge in [-0.15, -0.1) is 0 Å². The zero-order valence-corrected chi connectivity index (χ0v) is 19.3. The summed E-state index contributed by atoms with van der Waals surface area (Å²) < 4.78 is 0. The van der Waals surface area contributed by atoms with Crippen LogP contribution >= 0.6 is 24.4 Å². The lowest BCUT2D eigenvalue weighted by molar-refractivity contribution is -0.141. The topological polar surface area (TPSA) is 151 Å². The summed E-state index contributed by atoms with van der Waals surface area (Å²) in [5.41, 5.74) is 5.85. The van der Waals surface area contributed by atoms with Gasteiger partial charge in [-0.3, -0.25) is 14.4 Å². The van der Waals surface area contributed by atoms with Crippen LogP contribution < -0.4 is 21.7 Å². The van der Waals surface area contributed by atoms with Gasteiger partial charge in [0.05, 0.1) is 6.04 Å². The Balaban J connectivity index is 5.30. The van der Waals surface area contributed by atoms with Gasteiger partial charge in [0.1, 0.15) is 18.1 Å². The van der Waals surface area contributed by atoms with Gasteiger partial charge in [0.2, 0.25) is 17.7 Å². The molecule has 29 heavy (non-hydrogen) atoms. The second-order valence-corrected chi connectivity index (χ2v) is 8.78. The summed E-state index contributed by atoms with van der Waals surface area (Å²) in [6.07, 6.45) is 2.16. The molecule has 4 unspecified atom stereocenters. The van der Waals surface area contributed by atoms with Crippen LogP contribution in [0.25, 0.3) is 0 Å². The van der Waals surface area contributed by atoms with Crippen LogP contribution in [0, 0.1) is 11.8 Å². The number of nitrogens with two attached hydrogens (primary N) is 1. The summed E-state index contributed by atoms with van der Waals surface area (Å²) in [6.45, 7) is 7.14. The Bertz CT molecular complexity index is 574. The van der Waals surface area contributed by atoms with Crippen LogP contribution in [0.15, 0.2) is 0 Å². The number of aliphatic carboxylic acids is 1. The lowest BCUT2D eigenvalue weighted by atomic mass is 10.00. The summed E-state index contributed by atoms with van der Waals surface area (Å²) in [4.78, 5) is 48.8. The van der Waals surface area contributed by atoms with Gasteiger partial charge in [-0.2, -0.15) is 24.4 Å². The van der Waals surface area contributed by atoms with Gasteiger partial charge in [-0.1, -0.05) is 27.7 Å². The van der Waals surface area contributed by atoms with Crippen LogP contribution in [-0.2, 0) is 19.2 Å². The van der Waals surface area contributed by atoms with Gasteiger partial charge < -0.3 is 26.8 Å². The molecule has 0 fully saturated rings. The average molecular weight is 451 g/mol. The van der Waals surface area contributed by atoms with Crippen LogP contribution in [-0.4, -0.2) is 70.7 Å². The molecule has 11 heteroatoms. The van der Waals surface area contributed by atoms with E-state index in [9.17, 15) is 19.2 Å². The molecule has 9 nitrogen and oxygen atoms in total. The van der Waals surface area contributed by atoms with Crippen molar-refractivity contribution in [3.8, 4) is 0 Å². The first-order valence-corrected chi connectivity index (χ1v) is 11.5. The molecule has 0 aromatic rings. The van der Waals surface area contributed by atoms with E-state index in [1.807, 2.05) is 6.26 Å². The minimum atomic E-state index is -1.21. The third-order valence-electron chi connectivity index (χ3n) is 4.31. The van der Waals surface area contributed by atoms with Gasteiger partial charge in [0, 0.05) is 5.75 Å². The van der Waals surface area contributed by atoms with E-state index in [0.717, 1.165) is 0 Å². The second kappa shape index (κ2) is 13.7. The number of hydrogen-bond donors (Lipinski definition) is 6. The van der Waals surface area contributed by atoms with Crippen molar-refractivity contribution in [1.29, 1.82) is 0 Å². The molecule has 3 amide bonds.